The lowest BCUT2D eigenvalue weighted by atomic mass is 9.85. The quantitative estimate of drug-likeness (QED) is 0.784. The van der Waals surface area contributed by atoms with Gasteiger partial charge in [0.2, 0.25) is 0 Å². The molecule has 0 radical (unpaired) electrons. The van der Waals surface area contributed by atoms with Crippen molar-refractivity contribution in [2.75, 3.05) is 7.11 Å². The Labute approximate surface area is 85.5 Å². The van der Waals surface area contributed by atoms with Crippen LogP contribution in [-0.2, 0) is 0 Å². The number of hydrogen-bond acceptors (Lipinski definition) is 2. The Kier molecular flexibility index (Phi) is 3.17. The first-order chi connectivity index (χ1) is 6.45. The fraction of sp³-hybridized carbons (Fsp3) is 0.500. The fourth-order valence-corrected chi connectivity index (χ4v) is 1.31. The molecule has 1 unspecified atom stereocenters. The SMILES string of the molecule is COc1cccc(C(O)C(C)(C)C)c1. The molecule has 14 heavy (non-hydrogen) atoms. The summed E-state index contributed by atoms with van der Waals surface area (Å²) in [6.45, 7) is 6.03. The summed E-state index contributed by atoms with van der Waals surface area (Å²) in [5.41, 5.74) is 0.753. The molecular weight excluding hydrogens is 176 g/mol. The molecule has 1 aromatic rings. The van der Waals surface area contributed by atoms with E-state index in [2.05, 4.69) is 0 Å². The van der Waals surface area contributed by atoms with Crippen LogP contribution in [0.4, 0.5) is 0 Å². The fourth-order valence-electron chi connectivity index (χ4n) is 1.31. The maximum absolute atomic E-state index is 10.0. The zero-order chi connectivity index (χ0) is 10.8. The van der Waals surface area contributed by atoms with Crippen molar-refractivity contribution in [3.8, 4) is 5.75 Å². The first-order valence-corrected chi connectivity index (χ1v) is 4.77. The van der Waals surface area contributed by atoms with Crippen LogP contribution >= 0.6 is 0 Å². The Morgan fingerprint density at radius 2 is 1.93 bits per heavy atom. The van der Waals surface area contributed by atoms with Crippen molar-refractivity contribution in [1.82, 2.24) is 0 Å². The van der Waals surface area contributed by atoms with E-state index in [9.17, 15) is 5.11 Å². The first kappa shape index (κ1) is 11.1. The van der Waals surface area contributed by atoms with Gasteiger partial charge in [-0.05, 0) is 23.1 Å². The van der Waals surface area contributed by atoms with Crippen molar-refractivity contribution in [2.24, 2.45) is 5.41 Å². The van der Waals surface area contributed by atoms with Crippen LogP contribution in [0, 0.1) is 5.41 Å². The normalized spacial score (nSPS) is 13.8. The molecule has 1 rings (SSSR count). The predicted octanol–water partition coefficient (Wildman–Crippen LogP) is 2.77. The third-order valence-corrected chi connectivity index (χ3v) is 2.23. The van der Waals surface area contributed by atoms with Crippen LogP contribution in [-0.4, -0.2) is 12.2 Å². The lowest BCUT2D eigenvalue weighted by molar-refractivity contribution is 0.0625. The highest BCUT2D eigenvalue weighted by atomic mass is 16.5. The zero-order valence-electron chi connectivity index (χ0n) is 9.24. The predicted molar refractivity (Wildman–Crippen MR) is 57.4 cm³/mol. The highest BCUT2D eigenvalue weighted by molar-refractivity contribution is 5.30. The van der Waals surface area contributed by atoms with Crippen LogP contribution in [0.25, 0.3) is 0 Å². The summed E-state index contributed by atoms with van der Waals surface area (Å²) in [6, 6.07) is 7.55. The summed E-state index contributed by atoms with van der Waals surface area (Å²) in [4.78, 5) is 0. The van der Waals surface area contributed by atoms with Crippen LogP contribution in [0.1, 0.15) is 32.4 Å². The maximum Gasteiger partial charge on any atom is 0.119 e. The number of benzene rings is 1. The van der Waals surface area contributed by atoms with Gasteiger partial charge in [-0.2, -0.15) is 0 Å². The van der Waals surface area contributed by atoms with E-state index in [4.69, 9.17) is 4.74 Å². The molecule has 0 aliphatic heterocycles. The standard InChI is InChI=1S/C12H18O2/c1-12(2,3)11(13)9-6-5-7-10(8-9)14-4/h5-8,11,13H,1-4H3. The van der Waals surface area contributed by atoms with Crippen LogP contribution in [0.3, 0.4) is 0 Å². The second kappa shape index (κ2) is 4.01. The summed E-state index contributed by atoms with van der Waals surface area (Å²) >= 11 is 0. The van der Waals surface area contributed by atoms with E-state index in [1.165, 1.54) is 0 Å². The van der Waals surface area contributed by atoms with Crippen LogP contribution in [0.15, 0.2) is 24.3 Å². The van der Waals surface area contributed by atoms with Crippen molar-refractivity contribution in [1.29, 1.82) is 0 Å². The van der Waals surface area contributed by atoms with Crippen LogP contribution in [0.2, 0.25) is 0 Å². The number of aliphatic hydroxyl groups is 1. The number of hydrogen-bond donors (Lipinski definition) is 1. The lowest BCUT2D eigenvalue weighted by Crippen LogP contribution is -2.17. The minimum Gasteiger partial charge on any atom is -0.497 e. The lowest BCUT2D eigenvalue weighted by Gasteiger charge is -2.26. The number of methoxy groups -OCH3 is 1. The molecule has 1 aromatic carbocycles. The first-order valence-electron chi connectivity index (χ1n) is 4.77. The highest BCUT2D eigenvalue weighted by Gasteiger charge is 2.23. The summed E-state index contributed by atoms with van der Waals surface area (Å²) in [6.07, 6.45) is -0.461. The molecule has 2 nitrogen and oxygen atoms in total. The molecular formula is C12H18O2. The molecule has 0 spiro atoms. The van der Waals surface area contributed by atoms with Crippen LogP contribution in [0.5, 0.6) is 5.75 Å². The van der Waals surface area contributed by atoms with Gasteiger partial charge >= 0.3 is 0 Å². The van der Waals surface area contributed by atoms with Gasteiger partial charge in [0.25, 0.3) is 0 Å². The summed E-state index contributed by atoms with van der Waals surface area (Å²) in [5.74, 6) is 0.783. The van der Waals surface area contributed by atoms with Crippen molar-refractivity contribution >= 4 is 0 Å². The Morgan fingerprint density at radius 3 is 2.43 bits per heavy atom. The Balaban J connectivity index is 2.95. The smallest absolute Gasteiger partial charge is 0.119 e. The molecule has 0 aliphatic carbocycles. The van der Waals surface area contributed by atoms with Gasteiger partial charge < -0.3 is 9.84 Å². The van der Waals surface area contributed by atoms with E-state index in [0.29, 0.717) is 0 Å². The second-order valence-corrected chi connectivity index (χ2v) is 4.55. The zero-order valence-corrected chi connectivity index (χ0v) is 9.24. The summed E-state index contributed by atoms with van der Waals surface area (Å²) in [7, 11) is 1.63. The molecule has 1 N–H and O–H groups in total. The molecule has 0 amide bonds. The molecule has 2 heteroatoms. The third kappa shape index (κ3) is 2.48. The Morgan fingerprint density at radius 1 is 1.29 bits per heavy atom. The minimum atomic E-state index is -0.461. The van der Waals surface area contributed by atoms with Gasteiger partial charge in [-0.15, -0.1) is 0 Å². The largest absolute Gasteiger partial charge is 0.497 e. The van der Waals surface area contributed by atoms with E-state index in [-0.39, 0.29) is 5.41 Å². The van der Waals surface area contributed by atoms with E-state index in [0.717, 1.165) is 11.3 Å². The van der Waals surface area contributed by atoms with E-state index < -0.39 is 6.10 Å². The van der Waals surface area contributed by atoms with Gasteiger partial charge in [-0.3, -0.25) is 0 Å². The van der Waals surface area contributed by atoms with Gasteiger partial charge in [-0.25, -0.2) is 0 Å². The second-order valence-electron chi connectivity index (χ2n) is 4.55. The molecule has 0 saturated carbocycles. The van der Waals surface area contributed by atoms with E-state index in [1.807, 2.05) is 45.0 Å². The summed E-state index contributed by atoms with van der Waals surface area (Å²) < 4.78 is 5.11. The molecule has 0 aliphatic rings. The topological polar surface area (TPSA) is 29.5 Å². The average molecular weight is 194 g/mol. The molecule has 0 fully saturated rings. The summed E-state index contributed by atoms with van der Waals surface area (Å²) in [5, 5.41) is 10.0. The Hall–Kier alpha value is -1.02. The molecule has 78 valence electrons. The van der Waals surface area contributed by atoms with Crippen molar-refractivity contribution in [2.45, 2.75) is 26.9 Å². The maximum atomic E-state index is 10.0. The van der Waals surface area contributed by atoms with Gasteiger partial charge in [0.05, 0.1) is 13.2 Å². The van der Waals surface area contributed by atoms with Crippen molar-refractivity contribution in [3.05, 3.63) is 29.8 Å². The monoisotopic (exact) mass is 194 g/mol. The third-order valence-electron chi connectivity index (χ3n) is 2.23. The van der Waals surface area contributed by atoms with E-state index in [1.54, 1.807) is 7.11 Å². The molecule has 0 aromatic heterocycles. The van der Waals surface area contributed by atoms with Crippen LogP contribution < -0.4 is 4.74 Å². The van der Waals surface area contributed by atoms with E-state index >= 15 is 0 Å². The molecule has 1 atom stereocenters. The van der Waals surface area contributed by atoms with Crippen molar-refractivity contribution < 1.29 is 9.84 Å². The van der Waals surface area contributed by atoms with Crippen molar-refractivity contribution in [3.63, 3.8) is 0 Å². The number of rotatable bonds is 2. The number of aliphatic hydroxyl groups excluding tert-OH is 1. The average Bonchev–Trinajstić information content (AvgIpc) is 2.15. The molecule has 0 bridgehead atoms. The van der Waals surface area contributed by atoms with Gasteiger partial charge in [-0.1, -0.05) is 32.9 Å². The van der Waals surface area contributed by atoms with Gasteiger partial charge in [0, 0.05) is 0 Å². The molecule has 0 heterocycles. The Bertz CT molecular complexity index is 299. The number of ether oxygens (including phenoxy) is 1. The minimum absolute atomic E-state index is 0.146. The van der Waals surface area contributed by atoms with Gasteiger partial charge in [0.15, 0.2) is 0 Å². The highest BCUT2D eigenvalue weighted by Crippen LogP contribution is 2.33. The van der Waals surface area contributed by atoms with Gasteiger partial charge in [0.1, 0.15) is 5.75 Å². The molecule has 0 saturated heterocycles.